The van der Waals surface area contributed by atoms with E-state index in [1.165, 1.54) is 27.2 Å². The van der Waals surface area contributed by atoms with Crippen molar-refractivity contribution in [1.82, 2.24) is 10.2 Å². The molecular formula is C28H30N2O5. The number of alkyl carbamates (subject to hydrolysis) is 1. The third-order valence-corrected chi connectivity index (χ3v) is 8.91. The number of carboxylic acids is 1. The van der Waals surface area contributed by atoms with Crippen molar-refractivity contribution in [3.05, 3.63) is 59.7 Å². The molecule has 2 aromatic rings. The predicted octanol–water partition coefficient (Wildman–Crippen LogP) is 4.02. The average Bonchev–Trinajstić information content (AvgIpc) is 3.52. The summed E-state index contributed by atoms with van der Waals surface area (Å²) in [7, 11) is 1.62. The fraction of sp³-hybridized carbons (Fsp3) is 0.464. The maximum Gasteiger partial charge on any atom is 0.407 e. The zero-order valence-corrected chi connectivity index (χ0v) is 19.8. The van der Waals surface area contributed by atoms with Gasteiger partial charge in [0.05, 0.1) is 0 Å². The van der Waals surface area contributed by atoms with Crippen LogP contribution in [0.5, 0.6) is 0 Å². The van der Waals surface area contributed by atoms with Crippen LogP contribution >= 0.6 is 0 Å². The van der Waals surface area contributed by atoms with Gasteiger partial charge >= 0.3 is 12.1 Å². The van der Waals surface area contributed by atoms with Gasteiger partial charge in [-0.3, -0.25) is 4.79 Å². The molecule has 7 nitrogen and oxygen atoms in total. The smallest absolute Gasteiger partial charge is 0.407 e. The van der Waals surface area contributed by atoms with Gasteiger partial charge in [-0.15, -0.1) is 0 Å². The molecule has 3 fully saturated rings. The highest BCUT2D eigenvalue weighted by Crippen LogP contribution is 2.51. The molecule has 2 N–H and O–H groups in total. The van der Waals surface area contributed by atoms with Gasteiger partial charge in [0.15, 0.2) is 0 Å². The highest BCUT2D eigenvalue weighted by Gasteiger charge is 2.58. The topological polar surface area (TPSA) is 95.9 Å². The van der Waals surface area contributed by atoms with Crippen molar-refractivity contribution in [2.24, 2.45) is 17.8 Å². The van der Waals surface area contributed by atoms with Crippen molar-refractivity contribution in [2.75, 3.05) is 13.7 Å². The Morgan fingerprint density at radius 1 is 1.00 bits per heavy atom. The molecule has 7 heteroatoms. The largest absolute Gasteiger partial charge is 0.479 e. The highest BCUT2D eigenvalue weighted by molar-refractivity contribution is 5.90. The molecule has 0 saturated heterocycles. The van der Waals surface area contributed by atoms with Gasteiger partial charge in [0, 0.05) is 24.9 Å². The van der Waals surface area contributed by atoms with Crippen LogP contribution in [0.3, 0.4) is 0 Å². The van der Waals surface area contributed by atoms with E-state index in [9.17, 15) is 19.5 Å². The number of fused-ring (bicyclic) bond motifs is 4. The summed E-state index contributed by atoms with van der Waals surface area (Å²) < 4.78 is 5.70. The number of carbonyl (C=O) groups is 3. The first-order valence-electron chi connectivity index (χ1n) is 12.5. The molecule has 182 valence electrons. The number of aliphatic carboxylic acids is 1. The number of nitrogens with zero attached hydrogens (tertiary/aromatic N) is 1. The molecule has 0 aliphatic heterocycles. The Kier molecular flexibility index (Phi) is 5.13. The maximum atomic E-state index is 13.0. The first-order valence-corrected chi connectivity index (χ1v) is 12.5. The second-order valence-electron chi connectivity index (χ2n) is 10.6. The molecule has 35 heavy (non-hydrogen) atoms. The van der Waals surface area contributed by atoms with E-state index in [0.717, 1.165) is 12.8 Å². The first kappa shape index (κ1) is 22.1. The Balaban J connectivity index is 1.04. The summed E-state index contributed by atoms with van der Waals surface area (Å²) in [5.41, 5.74) is 3.75. The number of carboxylic acid groups (broad SMARTS) is 1. The minimum atomic E-state index is -1.00. The minimum absolute atomic E-state index is 0.00751. The van der Waals surface area contributed by atoms with Crippen LogP contribution in [0, 0.1) is 17.8 Å². The molecule has 2 amide bonds. The lowest BCUT2D eigenvalue weighted by Gasteiger charge is -2.40. The number of nitrogens with one attached hydrogen (secondary N) is 1. The van der Waals surface area contributed by atoms with Crippen LogP contribution in [-0.4, -0.2) is 53.2 Å². The van der Waals surface area contributed by atoms with Gasteiger partial charge in [-0.2, -0.15) is 0 Å². The number of benzene rings is 2. The zero-order valence-electron chi connectivity index (χ0n) is 19.8. The number of likely N-dealkylation sites (N-methyl/N-ethyl adjacent to an activating group) is 1. The number of hydrogen-bond acceptors (Lipinski definition) is 4. The molecule has 0 heterocycles. The van der Waals surface area contributed by atoms with Gasteiger partial charge in [-0.25, -0.2) is 9.59 Å². The van der Waals surface area contributed by atoms with E-state index in [1.807, 2.05) is 24.3 Å². The van der Waals surface area contributed by atoms with Crippen molar-refractivity contribution >= 4 is 18.0 Å². The van der Waals surface area contributed by atoms with Gasteiger partial charge in [-0.05, 0) is 66.2 Å². The molecule has 0 bridgehead atoms. The summed E-state index contributed by atoms with van der Waals surface area (Å²) in [6, 6.07) is 16.5. The molecule has 3 saturated carbocycles. The van der Waals surface area contributed by atoms with Gasteiger partial charge < -0.3 is 20.1 Å². The number of hydrogen-bond donors (Lipinski definition) is 2. The lowest BCUT2D eigenvalue weighted by Crippen LogP contribution is -2.50. The molecule has 4 aliphatic carbocycles. The summed E-state index contributed by atoms with van der Waals surface area (Å²) in [5, 5.41) is 12.5. The minimum Gasteiger partial charge on any atom is -0.479 e. The second kappa shape index (κ2) is 8.11. The Hall–Kier alpha value is -3.35. The lowest BCUT2D eigenvalue weighted by molar-refractivity contribution is -0.152. The van der Waals surface area contributed by atoms with Crippen LogP contribution in [0.25, 0.3) is 11.1 Å². The molecular weight excluding hydrogens is 444 g/mol. The molecule has 0 spiro atoms. The summed E-state index contributed by atoms with van der Waals surface area (Å²) in [6.07, 6.45) is 2.94. The Morgan fingerprint density at radius 3 is 2.23 bits per heavy atom. The van der Waals surface area contributed by atoms with Crippen LogP contribution in [0.2, 0.25) is 0 Å². The predicted molar refractivity (Wildman–Crippen MR) is 129 cm³/mol. The molecule has 4 atom stereocenters. The standard InChI is InChI=1S/C28H30N2O5/c1-30(28(10-11-28)26(32)33)25(31)17-12-16-14-24(22(16)13-17)29-27(34)35-15-23-20-8-4-2-6-18(20)19-7-3-5-9-21(19)23/h2-9,16-17,22-24H,10-15H2,1H3,(H,29,34)(H,32,33)/t16-,17?,22-,24+/m0/s1. The van der Waals surface area contributed by atoms with Crippen LogP contribution in [0.15, 0.2) is 48.5 Å². The van der Waals surface area contributed by atoms with E-state index in [0.29, 0.717) is 25.2 Å². The van der Waals surface area contributed by atoms with Crippen molar-refractivity contribution in [2.45, 2.75) is 49.6 Å². The molecule has 2 aromatic carbocycles. The molecule has 1 unspecified atom stereocenters. The lowest BCUT2D eigenvalue weighted by atomic mass is 9.71. The number of carbonyl (C=O) groups excluding carboxylic acids is 2. The SMILES string of the molecule is CN(C(=O)C1C[C@H]2C[C@@H](NC(=O)OCC3c4ccccc4-c4ccccc43)[C@H]2C1)C1(C(=O)O)CC1. The fourth-order valence-corrected chi connectivity index (χ4v) is 6.68. The third kappa shape index (κ3) is 3.51. The molecule has 0 aromatic heterocycles. The van der Waals surface area contributed by atoms with Gasteiger partial charge in [0.1, 0.15) is 12.1 Å². The van der Waals surface area contributed by atoms with Crippen molar-refractivity contribution < 1.29 is 24.2 Å². The zero-order chi connectivity index (χ0) is 24.3. The number of ether oxygens (including phenoxy) is 1. The van der Waals surface area contributed by atoms with E-state index in [-0.39, 0.29) is 36.3 Å². The fourth-order valence-electron chi connectivity index (χ4n) is 6.68. The summed E-state index contributed by atoms with van der Waals surface area (Å²) in [6.45, 7) is 0.282. The number of rotatable bonds is 6. The Bertz CT molecular complexity index is 1160. The Labute approximate surface area is 204 Å². The van der Waals surface area contributed by atoms with Crippen molar-refractivity contribution in [1.29, 1.82) is 0 Å². The van der Waals surface area contributed by atoms with Crippen molar-refractivity contribution in [3.63, 3.8) is 0 Å². The van der Waals surface area contributed by atoms with Gasteiger partial charge in [0.2, 0.25) is 5.91 Å². The summed E-state index contributed by atoms with van der Waals surface area (Å²) in [5.74, 6) is -0.478. The van der Waals surface area contributed by atoms with E-state index >= 15 is 0 Å². The average molecular weight is 475 g/mol. The normalized spacial score (nSPS) is 27.1. The van der Waals surface area contributed by atoms with E-state index in [2.05, 4.69) is 29.6 Å². The van der Waals surface area contributed by atoms with Crippen LogP contribution in [0.1, 0.15) is 49.1 Å². The quantitative estimate of drug-likeness (QED) is 0.659. The van der Waals surface area contributed by atoms with Gasteiger partial charge in [0.25, 0.3) is 0 Å². The highest BCUT2D eigenvalue weighted by atomic mass is 16.5. The maximum absolute atomic E-state index is 13.0. The van der Waals surface area contributed by atoms with E-state index in [1.54, 1.807) is 7.05 Å². The second-order valence-corrected chi connectivity index (χ2v) is 10.6. The van der Waals surface area contributed by atoms with Crippen molar-refractivity contribution in [3.8, 4) is 11.1 Å². The van der Waals surface area contributed by atoms with E-state index < -0.39 is 17.6 Å². The van der Waals surface area contributed by atoms with Gasteiger partial charge in [-0.1, -0.05) is 48.5 Å². The number of amides is 2. The Morgan fingerprint density at radius 2 is 1.63 bits per heavy atom. The monoisotopic (exact) mass is 474 g/mol. The van der Waals surface area contributed by atoms with Crippen LogP contribution in [0.4, 0.5) is 4.79 Å². The first-order chi connectivity index (χ1) is 16.9. The van der Waals surface area contributed by atoms with E-state index in [4.69, 9.17) is 4.74 Å². The summed E-state index contributed by atoms with van der Waals surface area (Å²) >= 11 is 0. The molecule has 0 radical (unpaired) electrons. The third-order valence-electron chi connectivity index (χ3n) is 8.91. The summed E-state index contributed by atoms with van der Waals surface area (Å²) in [4.78, 5) is 38.7. The molecule has 4 aliphatic rings. The molecule has 6 rings (SSSR count). The van der Waals surface area contributed by atoms with Crippen LogP contribution in [-0.2, 0) is 14.3 Å². The van der Waals surface area contributed by atoms with Crippen LogP contribution < -0.4 is 5.32 Å².